The number of halogens is 1. The van der Waals surface area contributed by atoms with Gasteiger partial charge in [0.25, 0.3) is 0 Å². The van der Waals surface area contributed by atoms with Gasteiger partial charge in [-0.25, -0.2) is 0 Å². The number of nitriles is 1. The van der Waals surface area contributed by atoms with Crippen molar-refractivity contribution in [3.05, 3.63) is 58.6 Å². The molecule has 0 atom stereocenters. The van der Waals surface area contributed by atoms with E-state index in [4.69, 9.17) is 16.9 Å². The van der Waals surface area contributed by atoms with Crippen LogP contribution in [0, 0.1) is 11.3 Å². The summed E-state index contributed by atoms with van der Waals surface area (Å²) < 4.78 is 0. The van der Waals surface area contributed by atoms with Gasteiger partial charge in [-0.15, -0.1) is 0 Å². The Hall–Kier alpha value is -3.04. The Bertz CT molecular complexity index is 826. The van der Waals surface area contributed by atoms with Crippen molar-refractivity contribution in [3.8, 4) is 6.07 Å². The topological polar surface area (TPSA) is 85.2 Å². The van der Waals surface area contributed by atoms with Crippen molar-refractivity contribution in [1.29, 1.82) is 5.26 Å². The Morgan fingerprint density at radius 3 is 2.36 bits per heavy atom. The molecule has 0 heterocycles. The van der Waals surface area contributed by atoms with E-state index in [1.54, 1.807) is 0 Å². The zero-order valence-corrected chi connectivity index (χ0v) is 14.6. The van der Waals surface area contributed by atoms with Crippen molar-refractivity contribution in [2.75, 3.05) is 24.3 Å². The molecule has 0 saturated carbocycles. The Balaban J connectivity index is 1.91. The first kappa shape index (κ1) is 18.3. The second-order valence-electron chi connectivity index (χ2n) is 5.50. The van der Waals surface area contributed by atoms with Crippen LogP contribution in [-0.2, 0) is 16.1 Å². The van der Waals surface area contributed by atoms with Crippen LogP contribution < -0.4 is 15.5 Å². The summed E-state index contributed by atoms with van der Waals surface area (Å²) in [5, 5.41) is 14.0. The van der Waals surface area contributed by atoms with E-state index in [1.807, 2.05) is 49.3 Å². The van der Waals surface area contributed by atoms with Crippen LogP contribution in [0.4, 0.5) is 11.4 Å². The van der Waals surface area contributed by atoms with E-state index in [0.717, 1.165) is 11.3 Å². The molecule has 0 bridgehead atoms. The molecule has 2 rings (SSSR count). The molecule has 25 heavy (non-hydrogen) atoms. The number of hydrogen-bond acceptors (Lipinski definition) is 4. The first-order valence-electron chi connectivity index (χ1n) is 7.46. The highest BCUT2D eigenvalue weighted by Crippen LogP contribution is 2.20. The van der Waals surface area contributed by atoms with Crippen molar-refractivity contribution < 1.29 is 9.59 Å². The molecule has 2 N–H and O–H groups in total. The molecule has 0 fully saturated rings. The van der Waals surface area contributed by atoms with Crippen LogP contribution in [0.3, 0.4) is 0 Å². The molecular weight excluding hydrogens is 340 g/mol. The maximum atomic E-state index is 11.9. The minimum absolute atomic E-state index is 0.210. The summed E-state index contributed by atoms with van der Waals surface area (Å²) >= 11 is 5.89. The molecule has 0 saturated heterocycles. The summed E-state index contributed by atoms with van der Waals surface area (Å²) in [7, 11) is 3.88. The number of benzene rings is 2. The fourth-order valence-electron chi connectivity index (χ4n) is 2.05. The third kappa shape index (κ3) is 4.96. The predicted octanol–water partition coefficient (Wildman–Crippen LogP) is 2.53. The van der Waals surface area contributed by atoms with Crippen LogP contribution in [0.1, 0.15) is 11.1 Å². The van der Waals surface area contributed by atoms with Gasteiger partial charge in [0.1, 0.15) is 6.07 Å². The first-order valence-corrected chi connectivity index (χ1v) is 7.83. The smallest absolute Gasteiger partial charge is 0.313 e. The monoisotopic (exact) mass is 356 g/mol. The van der Waals surface area contributed by atoms with Gasteiger partial charge in [-0.1, -0.05) is 23.7 Å². The summed E-state index contributed by atoms with van der Waals surface area (Å²) in [5.41, 5.74) is 2.57. The molecule has 128 valence electrons. The van der Waals surface area contributed by atoms with Gasteiger partial charge in [-0.3, -0.25) is 9.59 Å². The lowest BCUT2D eigenvalue weighted by molar-refractivity contribution is -0.136. The van der Waals surface area contributed by atoms with E-state index >= 15 is 0 Å². The molecule has 2 aromatic carbocycles. The van der Waals surface area contributed by atoms with Crippen molar-refractivity contribution in [1.82, 2.24) is 5.32 Å². The fourth-order valence-corrected chi connectivity index (χ4v) is 2.27. The van der Waals surface area contributed by atoms with Crippen molar-refractivity contribution >= 4 is 34.8 Å². The molecular formula is C18H17ClN4O2. The highest BCUT2D eigenvalue weighted by molar-refractivity contribution is 6.39. The maximum absolute atomic E-state index is 11.9. The van der Waals surface area contributed by atoms with Gasteiger partial charge < -0.3 is 15.5 Å². The van der Waals surface area contributed by atoms with Gasteiger partial charge >= 0.3 is 11.8 Å². The number of nitrogens with zero attached hydrogens (tertiary/aromatic N) is 2. The molecule has 6 nitrogen and oxygen atoms in total. The van der Waals surface area contributed by atoms with Gasteiger partial charge in [0, 0.05) is 32.0 Å². The number of rotatable bonds is 4. The second kappa shape index (κ2) is 8.18. The quantitative estimate of drug-likeness (QED) is 0.824. The van der Waals surface area contributed by atoms with E-state index in [9.17, 15) is 9.59 Å². The van der Waals surface area contributed by atoms with Crippen LogP contribution in [-0.4, -0.2) is 25.9 Å². The van der Waals surface area contributed by atoms with Crippen molar-refractivity contribution in [2.24, 2.45) is 0 Å². The van der Waals surface area contributed by atoms with Crippen LogP contribution in [0.15, 0.2) is 42.5 Å². The molecule has 0 unspecified atom stereocenters. The Kier molecular flexibility index (Phi) is 5.98. The molecule has 0 aromatic heterocycles. The number of anilines is 2. The maximum Gasteiger partial charge on any atom is 0.313 e. The molecule has 0 radical (unpaired) electrons. The van der Waals surface area contributed by atoms with E-state index in [1.165, 1.54) is 18.2 Å². The number of amides is 2. The normalized spacial score (nSPS) is 9.84. The van der Waals surface area contributed by atoms with Crippen molar-refractivity contribution in [3.63, 3.8) is 0 Å². The Morgan fingerprint density at radius 2 is 1.80 bits per heavy atom. The van der Waals surface area contributed by atoms with Gasteiger partial charge in [-0.2, -0.15) is 5.26 Å². The van der Waals surface area contributed by atoms with Gasteiger partial charge in [0.15, 0.2) is 0 Å². The lowest BCUT2D eigenvalue weighted by atomic mass is 10.2. The SMILES string of the molecule is CN(C)c1ccc(CNC(=O)C(=O)Nc2ccc(C#N)c(Cl)c2)cc1. The number of carbonyl (C=O) groups excluding carboxylic acids is 2. The number of nitrogens with one attached hydrogen (secondary N) is 2. The third-order valence-corrected chi connectivity index (χ3v) is 3.77. The molecule has 7 heteroatoms. The van der Waals surface area contributed by atoms with Gasteiger partial charge in [0.05, 0.1) is 10.6 Å². The van der Waals surface area contributed by atoms with E-state index in [2.05, 4.69) is 10.6 Å². The second-order valence-corrected chi connectivity index (χ2v) is 5.91. The van der Waals surface area contributed by atoms with Crippen LogP contribution in [0.25, 0.3) is 0 Å². The lowest BCUT2D eigenvalue weighted by Crippen LogP contribution is -2.34. The Labute approximate surface area is 151 Å². The van der Waals surface area contributed by atoms with Crippen LogP contribution in [0.2, 0.25) is 5.02 Å². The third-order valence-electron chi connectivity index (χ3n) is 3.46. The Morgan fingerprint density at radius 1 is 1.12 bits per heavy atom. The van der Waals surface area contributed by atoms with Gasteiger partial charge in [0.2, 0.25) is 0 Å². The average Bonchev–Trinajstić information content (AvgIpc) is 2.60. The zero-order valence-electron chi connectivity index (χ0n) is 13.8. The highest BCUT2D eigenvalue weighted by atomic mass is 35.5. The molecule has 0 aliphatic carbocycles. The van der Waals surface area contributed by atoms with E-state index in [-0.39, 0.29) is 11.6 Å². The van der Waals surface area contributed by atoms with E-state index < -0.39 is 11.8 Å². The summed E-state index contributed by atoms with van der Waals surface area (Å²) in [6.45, 7) is 0.244. The molecule has 2 amide bonds. The van der Waals surface area contributed by atoms with Crippen LogP contribution in [0.5, 0.6) is 0 Å². The summed E-state index contributed by atoms with van der Waals surface area (Å²) in [6, 6.07) is 14.0. The minimum atomic E-state index is -0.800. The minimum Gasteiger partial charge on any atom is -0.378 e. The van der Waals surface area contributed by atoms with Crippen molar-refractivity contribution in [2.45, 2.75) is 6.54 Å². The first-order chi connectivity index (χ1) is 11.9. The zero-order chi connectivity index (χ0) is 18.4. The largest absolute Gasteiger partial charge is 0.378 e. The predicted molar refractivity (Wildman–Crippen MR) is 97.4 cm³/mol. The fraction of sp³-hybridized carbons (Fsp3) is 0.167. The summed E-state index contributed by atoms with van der Waals surface area (Å²) in [4.78, 5) is 25.8. The average molecular weight is 357 g/mol. The summed E-state index contributed by atoms with van der Waals surface area (Å²) in [6.07, 6.45) is 0. The van der Waals surface area contributed by atoms with Crippen LogP contribution >= 0.6 is 11.6 Å². The van der Waals surface area contributed by atoms with E-state index in [0.29, 0.717) is 11.3 Å². The number of hydrogen-bond donors (Lipinski definition) is 2. The molecule has 0 spiro atoms. The highest BCUT2D eigenvalue weighted by Gasteiger charge is 2.14. The molecule has 2 aromatic rings. The lowest BCUT2D eigenvalue weighted by Gasteiger charge is -2.13. The number of carbonyl (C=O) groups is 2. The standard InChI is InChI=1S/C18H17ClN4O2/c1-23(2)15-7-3-12(4-8-15)11-21-17(24)18(25)22-14-6-5-13(10-20)16(19)9-14/h3-9H,11H2,1-2H3,(H,21,24)(H,22,25). The van der Waals surface area contributed by atoms with Gasteiger partial charge in [-0.05, 0) is 35.9 Å². The molecule has 0 aliphatic heterocycles. The molecule has 0 aliphatic rings. The summed E-state index contributed by atoms with van der Waals surface area (Å²) in [5.74, 6) is -1.55.